The van der Waals surface area contributed by atoms with Gasteiger partial charge in [-0.1, -0.05) is 0 Å². The summed E-state index contributed by atoms with van der Waals surface area (Å²) < 4.78 is 1.59. The predicted molar refractivity (Wildman–Crippen MR) is 66.2 cm³/mol. The second-order valence-electron chi connectivity index (χ2n) is 4.05. The minimum atomic E-state index is 0.345. The molecule has 3 rings (SSSR count). The second-order valence-corrected chi connectivity index (χ2v) is 4.05. The quantitative estimate of drug-likeness (QED) is 0.578. The molecule has 0 spiro atoms. The fraction of sp³-hybridized carbons (Fsp3) is 0.400. The number of rotatable bonds is 3. The van der Waals surface area contributed by atoms with Gasteiger partial charge in [0.15, 0.2) is 0 Å². The van der Waals surface area contributed by atoms with Crippen molar-refractivity contribution in [3.05, 3.63) is 18.5 Å². The Bertz CT molecular complexity index is 517. The van der Waals surface area contributed by atoms with E-state index < -0.39 is 0 Å². The highest BCUT2D eigenvalue weighted by Crippen LogP contribution is 2.17. The largest absolute Gasteiger partial charge is 0.341 e. The molecule has 8 nitrogen and oxygen atoms in total. The van der Waals surface area contributed by atoms with Gasteiger partial charge in [0.25, 0.3) is 5.95 Å². The van der Waals surface area contributed by atoms with Gasteiger partial charge in [0.2, 0.25) is 11.9 Å². The molecule has 0 radical (unpaired) electrons. The van der Waals surface area contributed by atoms with Gasteiger partial charge in [-0.2, -0.15) is 20.1 Å². The van der Waals surface area contributed by atoms with Crippen molar-refractivity contribution >= 4 is 11.9 Å². The van der Waals surface area contributed by atoms with Crippen molar-refractivity contribution in [2.45, 2.75) is 12.8 Å². The molecule has 0 amide bonds. The van der Waals surface area contributed by atoms with Crippen molar-refractivity contribution in [2.75, 3.05) is 23.4 Å². The monoisotopic (exact) mass is 246 g/mol. The second kappa shape index (κ2) is 4.57. The molecule has 0 aliphatic carbocycles. The van der Waals surface area contributed by atoms with Crippen molar-refractivity contribution in [1.29, 1.82) is 0 Å². The lowest BCUT2D eigenvalue weighted by atomic mass is 10.4. The molecule has 0 atom stereocenters. The van der Waals surface area contributed by atoms with Gasteiger partial charge >= 0.3 is 0 Å². The lowest BCUT2D eigenvalue weighted by Gasteiger charge is -2.16. The number of hydrogen-bond acceptors (Lipinski definition) is 7. The molecule has 0 saturated carbocycles. The summed E-state index contributed by atoms with van der Waals surface area (Å²) in [4.78, 5) is 15.0. The maximum Gasteiger partial charge on any atom is 0.257 e. The van der Waals surface area contributed by atoms with Crippen molar-refractivity contribution in [3.8, 4) is 5.95 Å². The third-order valence-corrected chi connectivity index (χ3v) is 2.84. The van der Waals surface area contributed by atoms with Gasteiger partial charge in [-0.25, -0.2) is 10.5 Å². The van der Waals surface area contributed by atoms with Crippen LogP contribution in [-0.2, 0) is 0 Å². The molecule has 3 N–H and O–H groups in total. The number of nitrogens with zero attached hydrogens (tertiary/aromatic N) is 6. The van der Waals surface area contributed by atoms with Crippen molar-refractivity contribution in [3.63, 3.8) is 0 Å². The van der Waals surface area contributed by atoms with Gasteiger partial charge in [-0.15, -0.1) is 0 Å². The molecule has 0 unspecified atom stereocenters. The Hall–Kier alpha value is -2.22. The number of hydrogen-bond donors (Lipinski definition) is 2. The molecule has 2 aromatic heterocycles. The molecule has 1 aliphatic heterocycles. The summed E-state index contributed by atoms with van der Waals surface area (Å²) in [5.41, 5.74) is 2.46. The van der Waals surface area contributed by atoms with Crippen LogP contribution in [0.5, 0.6) is 0 Å². The standard InChI is InChI=1S/C10H14N8/c11-16-8-13-9(17-5-1-2-6-17)15-10(14-8)18-7-3-4-12-18/h3-4,7H,1-2,5-6,11H2,(H,13,14,15,16). The highest BCUT2D eigenvalue weighted by Gasteiger charge is 2.17. The third kappa shape index (κ3) is 1.97. The minimum Gasteiger partial charge on any atom is -0.341 e. The molecular formula is C10H14N8. The number of anilines is 2. The van der Waals surface area contributed by atoms with Crippen LogP contribution in [0.3, 0.4) is 0 Å². The fourth-order valence-electron chi connectivity index (χ4n) is 1.97. The zero-order valence-electron chi connectivity index (χ0n) is 9.82. The van der Waals surface area contributed by atoms with E-state index in [2.05, 4.69) is 30.4 Å². The zero-order chi connectivity index (χ0) is 12.4. The number of hydrazine groups is 1. The third-order valence-electron chi connectivity index (χ3n) is 2.84. The van der Waals surface area contributed by atoms with Crippen molar-refractivity contribution in [2.24, 2.45) is 5.84 Å². The minimum absolute atomic E-state index is 0.345. The van der Waals surface area contributed by atoms with Crippen LogP contribution in [0.1, 0.15) is 12.8 Å². The summed E-state index contributed by atoms with van der Waals surface area (Å²) in [5.74, 6) is 6.84. The van der Waals surface area contributed by atoms with E-state index in [0.29, 0.717) is 17.8 Å². The summed E-state index contributed by atoms with van der Waals surface area (Å²) in [6.45, 7) is 1.93. The van der Waals surface area contributed by atoms with Crippen LogP contribution >= 0.6 is 0 Å². The van der Waals surface area contributed by atoms with Gasteiger partial charge in [0.1, 0.15) is 0 Å². The van der Waals surface area contributed by atoms with E-state index in [4.69, 9.17) is 5.84 Å². The topological polar surface area (TPSA) is 97.8 Å². The average molecular weight is 246 g/mol. The molecule has 94 valence electrons. The van der Waals surface area contributed by atoms with E-state index in [-0.39, 0.29) is 0 Å². The Labute approximate surface area is 104 Å². The molecule has 8 heteroatoms. The molecule has 2 aromatic rings. The Morgan fingerprint density at radius 2 is 1.89 bits per heavy atom. The van der Waals surface area contributed by atoms with E-state index in [1.54, 1.807) is 17.1 Å². The Balaban J connectivity index is 2.01. The molecule has 0 bridgehead atoms. The lowest BCUT2D eigenvalue weighted by Crippen LogP contribution is -2.23. The average Bonchev–Trinajstić information content (AvgIpc) is 3.10. The first kappa shape index (κ1) is 10.9. The van der Waals surface area contributed by atoms with Crippen LogP contribution in [0, 0.1) is 0 Å². The Kier molecular flexibility index (Phi) is 2.77. The molecular weight excluding hydrogens is 232 g/mol. The first-order valence-corrected chi connectivity index (χ1v) is 5.84. The van der Waals surface area contributed by atoms with E-state index in [9.17, 15) is 0 Å². The summed E-state index contributed by atoms with van der Waals surface area (Å²) in [6, 6.07) is 1.81. The van der Waals surface area contributed by atoms with Crippen molar-refractivity contribution in [1.82, 2.24) is 24.7 Å². The predicted octanol–water partition coefficient (Wildman–Crippen LogP) is -0.0569. The van der Waals surface area contributed by atoms with E-state index in [0.717, 1.165) is 25.9 Å². The van der Waals surface area contributed by atoms with Crippen LogP contribution in [0.25, 0.3) is 5.95 Å². The van der Waals surface area contributed by atoms with Gasteiger partial charge < -0.3 is 4.90 Å². The van der Waals surface area contributed by atoms with Gasteiger partial charge in [0.05, 0.1) is 0 Å². The molecule has 1 aliphatic rings. The molecule has 3 heterocycles. The Morgan fingerprint density at radius 3 is 2.56 bits per heavy atom. The van der Waals surface area contributed by atoms with Crippen LogP contribution in [0.2, 0.25) is 0 Å². The maximum absolute atomic E-state index is 5.39. The summed E-state index contributed by atoms with van der Waals surface area (Å²) in [5, 5.41) is 4.11. The SMILES string of the molecule is NNc1nc(N2CCCC2)nc(-n2cccn2)n1. The maximum atomic E-state index is 5.39. The summed E-state index contributed by atoms with van der Waals surface area (Å²) >= 11 is 0. The van der Waals surface area contributed by atoms with E-state index in [1.807, 2.05) is 6.07 Å². The molecule has 1 saturated heterocycles. The summed E-state index contributed by atoms with van der Waals surface area (Å²) in [7, 11) is 0. The van der Waals surface area contributed by atoms with Gasteiger partial charge in [-0.3, -0.25) is 5.43 Å². The van der Waals surface area contributed by atoms with Gasteiger partial charge in [-0.05, 0) is 18.9 Å². The fourth-order valence-corrected chi connectivity index (χ4v) is 1.97. The molecule has 1 fully saturated rings. The first-order valence-electron chi connectivity index (χ1n) is 5.84. The molecule has 18 heavy (non-hydrogen) atoms. The van der Waals surface area contributed by atoms with Gasteiger partial charge in [0, 0.05) is 25.5 Å². The summed E-state index contributed by atoms with van der Waals surface area (Å²) in [6.07, 6.45) is 5.78. The lowest BCUT2D eigenvalue weighted by molar-refractivity contribution is 0.779. The highest BCUT2D eigenvalue weighted by molar-refractivity contribution is 5.40. The Morgan fingerprint density at radius 1 is 1.11 bits per heavy atom. The van der Waals surface area contributed by atoms with Crippen LogP contribution in [0.15, 0.2) is 18.5 Å². The molecule has 0 aromatic carbocycles. The highest BCUT2D eigenvalue weighted by atomic mass is 15.4. The van der Waals surface area contributed by atoms with Crippen molar-refractivity contribution < 1.29 is 0 Å². The number of nitrogen functional groups attached to an aromatic ring is 1. The van der Waals surface area contributed by atoms with Crippen LogP contribution < -0.4 is 16.2 Å². The smallest absolute Gasteiger partial charge is 0.257 e. The number of nitrogens with two attached hydrogens (primary N) is 1. The van der Waals surface area contributed by atoms with E-state index >= 15 is 0 Å². The number of aromatic nitrogens is 5. The zero-order valence-corrected chi connectivity index (χ0v) is 9.82. The first-order chi connectivity index (χ1) is 8.86. The van der Waals surface area contributed by atoms with Crippen LogP contribution in [0.4, 0.5) is 11.9 Å². The van der Waals surface area contributed by atoms with Crippen LogP contribution in [-0.4, -0.2) is 37.8 Å². The number of nitrogens with one attached hydrogen (secondary N) is 1. The van der Waals surface area contributed by atoms with E-state index in [1.165, 1.54) is 0 Å². The normalized spacial score (nSPS) is 15.1.